The van der Waals surface area contributed by atoms with Gasteiger partial charge in [-0.2, -0.15) is 0 Å². The number of benzene rings is 1. The van der Waals surface area contributed by atoms with Crippen LogP contribution in [-0.4, -0.2) is 55.9 Å². The molecule has 1 aromatic rings. The molecule has 0 atom stereocenters. The summed E-state index contributed by atoms with van der Waals surface area (Å²) < 4.78 is 10.8. The minimum Gasteiger partial charge on any atom is -0.497 e. The predicted octanol–water partition coefficient (Wildman–Crippen LogP) is 1.36. The zero-order valence-corrected chi connectivity index (χ0v) is 11.8. The summed E-state index contributed by atoms with van der Waals surface area (Å²) in [7, 11) is 3.69. The maximum atomic E-state index is 12.3. The summed E-state index contributed by atoms with van der Waals surface area (Å²) in [6.45, 7) is 3.82. The Morgan fingerprint density at radius 1 is 1.25 bits per heavy atom. The second-order valence-electron chi connectivity index (χ2n) is 5.13. The van der Waals surface area contributed by atoms with Crippen LogP contribution in [0.4, 0.5) is 0 Å². The second-order valence-corrected chi connectivity index (χ2v) is 5.13. The van der Waals surface area contributed by atoms with Crippen molar-refractivity contribution in [2.45, 2.75) is 0 Å². The number of rotatable bonds is 2. The molecule has 1 fully saturated rings. The van der Waals surface area contributed by atoms with Crippen molar-refractivity contribution >= 4 is 5.78 Å². The lowest BCUT2D eigenvalue weighted by atomic mass is 10.1. The molecule has 0 bridgehead atoms. The summed E-state index contributed by atoms with van der Waals surface area (Å²) in [5.74, 6) is 1.60. The van der Waals surface area contributed by atoms with Gasteiger partial charge in [-0.05, 0) is 25.2 Å². The molecule has 0 N–H and O–H groups in total. The topological polar surface area (TPSA) is 42.0 Å². The monoisotopic (exact) mass is 274 g/mol. The molecule has 2 heterocycles. The van der Waals surface area contributed by atoms with Crippen molar-refractivity contribution in [1.29, 1.82) is 0 Å². The lowest BCUT2D eigenvalue weighted by Gasteiger charge is -2.31. The van der Waals surface area contributed by atoms with Crippen molar-refractivity contribution in [3.8, 4) is 11.5 Å². The number of ether oxygens (including phenoxy) is 2. The highest BCUT2D eigenvalue weighted by molar-refractivity contribution is 6.12. The molecule has 1 saturated heterocycles. The van der Waals surface area contributed by atoms with Gasteiger partial charge in [0.15, 0.2) is 5.76 Å². The molecule has 5 heteroatoms. The lowest BCUT2D eigenvalue weighted by molar-refractivity contribution is 0.100. The number of carbonyl (C=O) groups excluding carboxylic acids is 1. The molecule has 106 valence electrons. The summed E-state index contributed by atoms with van der Waals surface area (Å²) in [6.07, 6.45) is 1.84. The standard InChI is InChI=1S/C15H18N2O3/c1-16-5-7-17(8-6-16)10-14-15(18)12-9-11(19-2)3-4-13(12)20-14/h3-4,9-10H,5-8H2,1-2H3/b14-10+. The first-order valence-corrected chi connectivity index (χ1v) is 6.72. The number of likely N-dealkylation sites (N-methyl/N-ethyl adjacent to an activating group) is 1. The van der Waals surface area contributed by atoms with Crippen LogP contribution in [0.15, 0.2) is 30.2 Å². The number of allylic oxidation sites excluding steroid dienone is 1. The highest BCUT2D eigenvalue weighted by Crippen LogP contribution is 2.33. The van der Waals surface area contributed by atoms with E-state index in [0.29, 0.717) is 22.8 Å². The highest BCUT2D eigenvalue weighted by atomic mass is 16.5. The molecule has 1 aromatic carbocycles. The zero-order valence-electron chi connectivity index (χ0n) is 11.8. The van der Waals surface area contributed by atoms with Crippen LogP contribution >= 0.6 is 0 Å². The van der Waals surface area contributed by atoms with E-state index >= 15 is 0 Å². The molecule has 3 rings (SSSR count). The minimum atomic E-state index is -0.0715. The number of piperazine rings is 1. The SMILES string of the molecule is COc1ccc2c(c1)C(=O)/C(=C\N1CCN(C)CC1)O2. The van der Waals surface area contributed by atoms with Gasteiger partial charge in [0.25, 0.3) is 0 Å². The Labute approximate surface area is 118 Å². The third-order valence-electron chi connectivity index (χ3n) is 3.71. The lowest BCUT2D eigenvalue weighted by Crippen LogP contribution is -2.42. The fourth-order valence-corrected chi connectivity index (χ4v) is 2.40. The summed E-state index contributed by atoms with van der Waals surface area (Å²) in [4.78, 5) is 16.7. The van der Waals surface area contributed by atoms with Crippen molar-refractivity contribution < 1.29 is 14.3 Å². The molecule has 0 spiro atoms. The van der Waals surface area contributed by atoms with Gasteiger partial charge < -0.3 is 19.3 Å². The van der Waals surface area contributed by atoms with Gasteiger partial charge >= 0.3 is 0 Å². The second kappa shape index (κ2) is 5.17. The molecular formula is C15H18N2O3. The van der Waals surface area contributed by atoms with Crippen LogP contribution in [0.3, 0.4) is 0 Å². The summed E-state index contributed by atoms with van der Waals surface area (Å²) in [5, 5.41) is 0. The average molecular weight is 274 g/mol. The van der Waals surface area contributed by atoms with Gasteiger partial charge in [0.05, 0.1) is 12.7 Å². The maximum absolute atomic E-state index is 12.3. The minimum absolute atomic E-state index is 0.0715. The van der Waals surface area contributed by atoms with Crippen LogP contribution in [0.5, 0.6) is 11.5 Å². The fourth-order valence-electron chi connectivity index (χ4n) is 2.40. The van der Waals surface area contributed by atoms with Gasteiger partial charge in [0, 0.05) is 32.4 Å². The third kappa shape index (κ3) is 2.36. The first kappa shape index (κ1) is 13.0. The molecule has 0 aromatic heterocycles. The first-order valence-electron chi connectivity index (χ1n) is 6.72. The van der Waals surface area contributed by atoms with Crippen LogP contribution < -0.4 is 9.47 Å². The van der Waals surface area contributed by atoms with E-state index in [1.54, 1.807) is 25.3 Å². The van der Waals surface area contributed by atoms with E-state index in [1.807, 2.05) is 6.20 Å². The Balaban J connectivity index is 1.79. The molecular weight excluding hydrogens is 256 g/mol. The average Bonchev–Trinajstić information content (AvgIpc) is 2.77. The Bertz CT molecular complexity index is 560. The largest absolute Gasteiger partial charge is 0.497 e. The van der Waals surface area contributed by atoms with Gasteiger partial charge in [-0.15, -0.1) is 0 Å². The number of nitrogens with zero attached hydrogens (tertiary/aromatic N) is 2. The quantitative estimate of drug-likeness (QED) is 0.762. The smallest absolute Gasteiger partial charge is 0.233 e. The predicted molar refractivity (Wildman–Crippen MR) is 75.1 cm³/mol. The summed E-state index contributed by atoms with van der Waals surface area (Å²) in [5.41, 5.74) is 0.574. The van der Waals surface area contributed by atoms with Gasteiger partial charge in [-0.25, -0.2) is 0 Å². The van der Waals surface area contributed by atoms with E-state index in [9.17, 15) is 4.79 Å². The highest BCUT2D eigenvalue weighted by Gasteiger charge is 2.28. The maximum Gasteiger partial charge on any atom is 0.233 e. The van der Waals surface area contributed by atoms with Crippen LogP contribution in [0.2, 0.25) is 0 Å². The van der Waals surface area contributed by atoms with E-state index in [1.165, 1.54) is 0 Å². The Hall–Kier alpha value is -2.01. The van der Waals surface area contributed by atoms with E-state index in [2.05, 4.69) is 16.8 Å². The van der Waals surface area contributed by atoms with Gasteiger partial charge in [0.2, 0.25) is 5.78 Å². The van der Waals surface area contributed by atoms with Crippen LogP contribution in [0.1, 0.15) is 10.4 Å². The van der Waals surface area contributed by atoms with Crippen molar-refractivity contribution in [2.24, 2.45) is 0 Å². The molecule has 2 aliphatic rings. The number of carbonyl (C=O) groups is 1. The van der Waals surface area contributed by atoms with Crippen LogP contribution in [0.25, 0.3) is 0 Å². The van der Waals surface area contributed by atoms with Crippen molar-refractivity contribution in [3.05, 3.63) is 35.7 Å². The van der Waals surface area contributed by atoms with Gasteiger partial charge in [-0.3, -0.25) is 4.79 Å². The van der Waals surface area contributed by atoms with Crippen molar-refractivity contribution in [1.82, 2.24) is 9.80 Å². The Morgan fingerprint density at radius 2 is 2.00 bits per heavy atom. The number of Topliss-reactive ketones (excluding diaryl/α,β-unsaturated/α-hetero) is 1. The fraction of sp³-hybridized carbons (Fsp3) is 0.400. The number of methoxy groups -OCH3 is 1. The van der Waals surface area contributed by atoms with Gasteiger partial charge in [0.1, 0.15) is 11.5 Å². The Morgan fingerprint density at radius 3 is 2.70 bits per heavy atom. The third-order valence-corrected chi connectivity index (χ3v) is 3.71. The number of hydrogen-bond acceptors (Lipinski definition) is 5. The van der Waals surface area contributed by atoms with Crippen molar-refractivity contribution in [2.75, 3.05) is 40.3 Å². The molecule has 0 amide bonds. The molecule has 20 heavy (non-hydrogen) atoms. The number of hydrogen-bond donors (Lipinski definition) is 0. The first-order chi connectivity index (χ1) is 9.67. The van der Waals surface area contributed by atoms with Crippen LogP contribution in [0, 0.1) is 0 Å². The van der Waals surface area contributed by atoms with Crippen LogP contribution in [-0.2, 0) is 0 Å². The molecule has 0 unspecified atom stereocenters. The molecule has 5 nitrogen and oxygen atoms in total. The van der Waals surface area contributed by atoms with Crippen molar-refractivity contribution in [3.63, 3.8) is 0 Å². The normalized spacial score (nSPS) is 21.0. The number of fused-ring (bicyclic) bond motifs is 1. The van der Waals surface area contributed by atoms with E-state index in [0.717, 1.165) is 26.2 Å². The molecule has 0 radical (unpaired) electrons. The molecule has 2 aliphatic heterocycles. The summed E-state index contributed by atoms with van der Waals surface area (Å²) >= 11 is 0. The summed E-state index contributed by atoms with van der Waals surface area (Å²) in [6, 6.07) is 5.30. The zero-order chi connectivity index (χ0) is 14.1. The van der Waals surface area contributed by atoms with E-state index < -0.39 is 0 Å². The van der Waals surface area contributed by atoms with E-state index in [-0.39, 0.29) is 5.78 Å². The van der Waals surface area contributed by atoms with E-state index in [4.69, 9.17) is 9.47 Å². The molecule has 0 aliphatic carbocycles. The number of ketones is 1. The van der Waals surface area contributed by atoms with Gasteiger partial charge in [-0.1, -0.05) is 0 Å². The molecule has 0 saturated carbocycles. The Kier molecular flexibility index (Phi) is 3.36.